The third-order valence-electron chi connectivity index (χ3n) is 3.29. The second kappa shape index (κ2) is 6.93. The molecule has 1 aromatic heterocycles. The summed E-state index contributed by atoms with van der Waals surface area (Å²) in [6.45, 7) is 1.30. The second-order valence-corrected chi connectivity index (χ2v) is 6.65. The maximum absolute atomic E-state index is 12.4. The smallest absolute Gasteiger partial charge is 0.263 e. The zero-order chi connectivity index (χ0) is 17.0. The molecular weight excluding hydrogens is 334 g/mol. The van der Waals surface area contributed by atoms with Crippen LogP contribution in [0.4, 0.5) is 11.5 Å². The van der Waals surface area contributed by atoms with Crippen molar-refractivity contribution in [3.63, 3.8) is 0 Å². The van der Waals surface area contributed by atoms with Crippen molar-refractivity contribution in [1.82, 2.24) is 4.98 Å². The Morgan fingerprint density at radius 1 is 1.21 bits per heavy atom. The molecule has 1 aliphatic rings. The molecule has 0 saturated carbocycles. The van der Waals surface area contributed by atoms with Gasteiger partial charge >= 0.3 is 0 Å². The number of hydrogen-bond acceptors (Lipinski definition) is 7. The topological polar surface area (TPSA) is 98.8 Å². The zero-order valence-electron chi connectivity index (χ0n) is 13.0. The average Bonchev–Trinajstić information content (AvgIpc) is 3.04. The number of anilines is 2. The number of fused-ring (bicyclic) bond motifs is 1. The van der Waals surface area contributed by atoms with E-state index in [0.717, 1.165) is 5.69 Å². The molecule has 1 aliphatic heterocycles. The number of aromatic nitrogens is 1. The third-order valence-corrected chi connectivity index (χ3v) is 4.64. The molecule has 2 heterocycles. The maximum atomic E-state index is 12.4. The molecule has 0 spiro atoms. The Morgan fingerprint density at radius 2 is 2.04 bits per heavy atom. The summed E-state index contributed by atoms with van der Waals surface area (Å²) >= 11 is 0. The van der Waals surface area contributed by atoms with E-state index in [1.165, 1.54) is 12.1 Å². The van der Waals surface area contributed by atoms with Crippen LogP contribution >= 0.6 is 0 Å². The van der Waals surface area contributed by atoms with Gasteiger partial charge in [-0.05, 0) is 24.3 Å². The van der Waals surface area contributed by atoms with Gasteiger partial charge in [-0.25, -0.2) is 13.4 Å². The summed E-state index contributed by atoms with van der Waals surface area (Å²) in [6.07, 6.45) is 1.55. The van der Waals surface area contributed by atoms with Crippen LogP contribution < -0.4 is 19.5 Å². The number of methoxy groups -OCH3 is 1. The van der Waals surface area contributed by atoms with Gasteiger partial charge in [0.05, 0.1) is 23.4 Å². The number of hydrogen-bond donors (Lipinski definition) is 2. The monoisotopic (exact) mass is 351 g/mol. The summed E-state index contributed by atoms with van der Waals surface area (Å²) < 4.78 is 42.6. The minimum Gasteiger partial charge on any atom is -0.454 e. The van der Waals surface area contributed by atoms with E-state index in [-0.39, 0.29) is 17.5 Å². The first-order chi connectivity index (χ1) is 11.6. The van der Waals surface area contributed by atoms with Crippen LogP contribution in [0.2, 0.25) is 0 Å². The van der Waals surface area contributed by atoms with Gasteiger partial charge in [-0.15, -0.1) is 0 Å². The van der Waals surface area contributed by atoms with Crippen molar-refractivity contribution in [3.8, 4) is 11.5 Å². The first-order valence-corrected chi connectivity index (χ1v) is 8.68. The molecular formula is C15H17N3O5S. The van der Waals surface area contributed by atoms with Gasteiger partial charge in [0.15, 0.2) is 11.5 Å². The van der Waals surface area contributed by atoms with E-state index in [4.69, 9.17) is 14.2 Å². The van der Waals surface area contributed by atoms with E-state index in [9.17, 15) is 8.42 Å². The molecule has 2 aromatic rings. The number of nitrogens with one attached hydrogen (secondary N) is 2. The lowest BCUT2D eigenvalue weighted by Gasteiger charge is -2.09. The summed E-state index contributed by atoms with van der Waals surface area (Å²) in [5.41, 5.74) is 0.776. The molecule has 0 saturated heterocycles. The summed E-state index contributed by atoms with van der Waals surface area (Å²) in [5, 5.41) is 3.10. The fourth-order valence-corrected chi connectivity index (χ4v) is 3.12. The SMILES string of the molecule is COCCNc1ccc(NS(=O)(=O)c2ccc3c(c2)OCO3)nc1. The molecule has 3 rings (SSSR count). The van der Waals surface area contributed by atoms with Crippen molar-refractivity contribution in [2.24, 2.45) is 0 Å². The molecule has 2 N–H and O–H groups in total. The van der Waals surface area contributed by atoms with Crippen LogP contribution in [-0.4, -0.2) is 40.5 Å². The molecule has 0 bridgehead atoms. The minimum absolute atomic E-state index is 0.0795. The molecule has 0 radical (unpaired) electrons. The van der Waals surface area contributed by atoms with Gasteiger partial charge in [-0.1, -0.05) is 0 Å². The second-order valence-electron chi connectivity index (χ2n) is 4.97. The summed E-state index contributed by atoms with van der Waals surface area (Å²) in [5.74, 6) is 1.16. The van der Waals surface area contributed by atoms with Crippen molar-refractivity contribution in [2.75, 3.05) is 37.1 Å². The van der Waals surface area contributed by atoms with Crippen LogP contribution in [0.25, 0.3) is 0 Å². The van der Waals surface area contributed by atoms with Crippen molar-refractivity contribution >= 4 is 21.5 Å². The number of sulfonamides is 1. The van der Waals surface area contributed by atoms with E-state index >= 15 is 0 Å². The number of rotatable bonds is 7. The Bertz CT molecular complexity index is 808. The molecule has 24 heavy (non-hydrogen) atoms. The lowest BCUT2D eigenvalue weighted by molar-refractivity contribution is 0.174. The van der Waals surface area contributed by atoms with E-state index in [1.54, 1.807) is 31.5 Å². The van der Waals surface area contributed by atoms with Gasteiger partial charge in [0.25, 0.3) is 10.0 Å². The van der Waals surface area contributed by atoms with Crippen LogP contribution in [0.15, 0.2) is 41.4 Å². The van der Waals surface area contributed by atoms with Crippen LogP contribution in [0.1, 0.15) is 0 Å². The highest BCUT2D eigenvalue weighted by Crippen LogP contribution is 2.34. The first-order valence-electron chi connectivity index (χ1n) is 7.20. The summed E-state index contributed by atoms with van der Waals surface area (Å²) in [6, 6.07) is 7.76. The van der Waals surface area contributed by atoms with Crippen LogP contribution in [0.3, 0.4) is 0 Å². The third kappa shape index (κ3) is 3.69. The molecule has 0 aliphatic carbocycles. The van der Waals surface area contributed by atoms with Crippen LogP contribution in [0.5, 0.6) is 11.5 Å². The molecule has 0 fully saturated rings. The zero-order valence-corrected chi connectivity index (χ0v) is 13.8. The van der Waals surface area contributed by atoms with Crippen molar-refractivity contribution in [2.45, 2.75) is 4.90 Å². The predicted octanol–water partition coefficient (Wildman–Crippen LogP) is 1.67. The molecule has 0 unspecified atom stereocenters. The van der Waals surface area contributed by atoms with Gasteiger partial charge in [0, 0.05) is 19.7 Å². The molecule has 0 atom stereocenters. The quantitative estimate of drug-likeness (QED) is 0.732. The van der Waals surface area contributed by atoms with Gasteiger partial charge in [0.1, 0.15) is 5.82 Å². The number of nitrogens with zero attached hydrogens (tertiary/aromatic N) is 1. The Hall–Kier alpha value is -2.52. The van der Waals surface area contributed by atoms with Crippen molar-refractivity contribution in [1.29, 1.82) is 0 Å². The fraction of sp³-hybridized carbons (Fsp3) is 0.267. The Balaban J connectivity index is 1.70. The fourth-order valence-electron chi connectivity index (χ4n) is 2.10. The molecule has 8 nitrogen and oxygen atoms in total. The summed E-state index contributed by atoms with van der Waals surface area (Å²) in [4.78, 5) is 4.17. The standard InChI is InChI=1S/C15H17N3O5S/c1-21-7-6-16-11-2-5-15(17-9-11)18-24(19,20)12-3-4-13-14(8-12)23-10-22-13/h2-5,8-9,16H,6-7,10H2,1H3,(H,17,18). The van der Waals surface area contributed by atoms with E-state index < -0.39 is 10.0 Å². The average molecular weight is 351 g/mol. The molecule has 1 aromatic carbocycles. The van der Waals surface area contributed by atoms with Crippen molar-refractivity contribution in [3.05, 3.63) is 36.5 Å². The highest BCUT2D eigenvalue weighted by atomic mass is 32.2. The molecule has 0 amide bonds. The van der Waals surface area contributed by atoms with Gasteiger partial charge in [0.2, 0.25) is 6.79 Å². The van der Waals surface area contributed by atoms with Crippen molar-refractivity contribution < 1.29 is 22.6 Å². The van der Waals surface area contributed by atoms with E-state index in [0.29, 0.717) is 24.7 Å². The predicted molar refractivity (Wildman–Crippen MR) is 88.0 cm³/mol. The number of benzene rings is 1. The minimum atomic E-state index is -3.76. The van der Waals surface area contributed by atoms with Crippen LogP contribution in [-0.2, 0) is 14.8 Å². The van der Waals surface area contributed by atoms with E-state index in [1.807, 2.05) is 0 Å². The van der Waals surface area contributed by atoms with E-state index in [2.05, 4.69) is 15.0 Å². The summed E-state index contributed by atoms with van der Waals surface area (Å²) in [7, 11) is -2.14. The lowest BCUT2D eigenvalue weighted by Crippen LogP contribution is -2.14. The maximum Gasteiger partial charge on any atom is 0.263 e. The van der Waals surface area contributed by atoms with Gasteiger partial charge in [-0.3, -0.25) is 4.72 Å². The van der Waals surface area contributed by atoms with Crippen LogP contribution in [0, 0.1) is 0 Å². The highest BCUT2D eigenvalue weighted by Gasteiger charge is 2.20. The van der Waals surface area contributed by atoms with Gasteiger partial charge in [-0.2, -0.15) is 0 Å². The lowest BCUT2D eigenvalue weighted by atomic mass is 10.3. The Labute approximate surface area is 139 Å². The normalized spacial score (nSPS) is 12.9. The van der Waals surface area contributed by atoms with Gasteiger partial charge < -0.3 is 19.5 Å². The number of ether oxygens (including phenoxy) is 3. The Morgan fingerprint density at radius 3 is 2.79 bits per heavy atom. The Kier molecular flexibility index (Phi) is 4.72. The largest absolute Gasteiger partial charge is 0.454 e. The molecule has 9 heteroatoms. The molecule has 128 valence electrons. The highest BCUT2D eigenvalue weighted by molar-refractivity contribution is 7.92. The first kappa shape index (κ1) is 16.3. The number of pyridine rings is 1.